The van der Waals surface area contributed by atoms with Crippen molar-refractivity contribution in [2.24, 2.45) is 5.92 Å². The fourth-order valence-corrected chi connectivity index (χ4v) is 1.76. The van der Waals surface area contributed by atoms with Crippen molar-refractivity contribution in [1.29, 1.82) is 0 Å². The summed E-state index contributed by atoms with van der Waals surface area (Å²) in [4.78, 5) is 20.0. The van der Waals surface area contributed by atoms with E-state index in [1.165, 1.54) is 6.33 Å². The molecule has 0 fully saturated rings. The second-order valence-electron chi connectivity index (χ2n) is 5.05. The number of anilines is 2. The minimum Gasteiger partial charge on any atom is -0.399 e. The van der Waals surface area contributed by atoms with Crippen molar-refractivity contribution in [3.05, 3.63) is 24.5 Å². The molecule has 0 aliphatic rings. The van der Waals surface area contributed by atoms with E-state index in [-0.39, 0.29) is 12.5 Å². The Balaban J connectivity index is 2.06. The molecular weight excluding hydrogens is 254 g/mol. The van der Waals surface area contributed by atoms with Gasteiger partial charge in [0.25, 0.3) is 0 Å². The molecule has 1 aromatic heterocycles. The predicted molar refractivity (Wildman–Crippen MR) is 80.3 cm³/mol. The first-order valence-corrected chi connectivity index (χ1v) is 6.57. The van der Waals surface area contributed by atoms with Crippen LogP contribution >= 0.6 is 0 Å². The number of fused-ring (bicyclic) bond motifs is 1. The highest BCUT2D eigenvalue weighted by molar-refractivity contribution is 5.92. The molecule has 1 heterocycles. The summed E-state index contributed by atoms with van der Waals surface area (Å²) in [5.74, 6) is 0.981. The van der Waals surface area contributed by atoms with E-state index < -0.39 is 0 Å². The van der Waals surface area contributed by atoms with Crippen molar-refractivity contribution in [3.8, 4) is 0 Å². The third kappa shape index (κ3) is 3.57. The molecule has 0 spiro atoms. The molecule has 0 aliphatic heterocycles. The van der Waals surface area contributed by atoms with Gasteiger partial charge in [-0.1, -0.05) is 13.8 Å². The number of hydrogen-bond donors (Lipinski definition) is 3. The molecule has 2 rings (SSSR count). The van der Waals surface area contributed by atoms with Crippen LogP contribution < -0.4 is 16.4 Å². The van der Waals surface area contributed by atoms with Crippen LogP contribution in [0.4, 0.5) is 11.5 Å². The fourth-order valence-electron chi connectivity index (χ4n) is 1.76. The third-order valence-electron chi connectivity index (χ3n) is 2.78. The quantitative estimate of drug-likeness (QED) is 0.716. The number of aromatic nitrogens is 2. The Hall–Kier alpha value is -2.37. The van der Waals surface area contributed by atoms with Crippen LogP contribution in [0.1, 0.15) is 13.8 Å². The summed E-state index contributed by atoms with van der Waals surface area (Å²) in [5, 5.41) is 6.67. The Labute approximate surface area is 117 Å². The van der Waals surface area contributed by atoms with Crippen LogP contribution in [0.2, 0.25) is 0 Å². The lowest BCUT2D eigenvalue weighted by Gasteiger charge is -2.10. The Bertz CT molecular complexity index is 612. The molecular formula is C14H19N5O. The number of nitrogens with one attached hydrogen (secondary N) is 2. The third-order valence-corrected chi connectivity index (χ3v) is 2.78. The Morgan fingerprint density at radius 2 is 2.15 bits per heavy atom. The molecule has 0 unspecified atom stereocenters. The summed E-state index contributed by atoms with van der Waals surface area (Å²) in [7, 11) is 0. The van der Waals surface area contributed by atoms with E-state index in [1.807, 2.05) is 6.07 Å². The second kappa shape index (κ2) is 6.18. The summed E-state index contributed by atoms with van der Waals surface area (Å²) in [6, 6.07) is 5.41. The van der Waals surface area contributed by atoms with E-state index in [1.54, 1.807) is 12.1 Å². The Kier molecular flexibility index (Phi) is 4.34. The van der Waals surface area contributed by atoms with E-state index in [0.29, 0.717) is 24.0 Å². The molecule has 6 heteroatoms. The van der Waals surface area contributed by atoms with Crippen molar-refractivity contribution in [2.75, 3.05) is 24.1 Å². The SMILES string of the molecule is CC(C)CNC(=O)CNc1ncnc2ccc(N)cc12. The number of carbonyl (C=O) groups excluding carboxylic acids is 1. The summed E-state index contributed by atoms with van der Waals surface area (Å²) in [6.07, 6.45) is 1.47. The van der Waals surface area contributed by atoms with E-state index >= 15 is 0 Å². The zero-order valence-corrected chi connectivity index (χ0v) is 11.7. The van der Waals surface area contributed by atoms with E-state index in [2.05, 4.69) is 34.4 Å². The maximum atomic E-state index is 11.7. The maximum Gasteiger partial charge on any atom is 0.239 e. The summed E-state index contributed by atoms with van der Waals surface area (Å²) in [6.45, 7) is 4.94. The normalized spacial score (nSPS) is 10.8. The van der Waals surface area contributed by atoms with Crippen LogP contribution in [0.15, 0.2) is 24.5 Å². The molecule has 0 saturated heterocycles. The van der Waals surface area contributed by atoms with Gasteiger partial charge >= 0.3 is 0 Å². The standard InChI is InChI=1S/C14H19N5O/c1-9(2)6-16-13(20)7-17-14-11-5-10(15)3-4-12(11)18-8-19-14/h3-5,8-9H,6-7,15H2,1-2H3,(H,16,20)(H,17,18,19). The molecule has 20 heavy (non-hydrogen) atoms. The molecule has 0 radical (unpaired) electrons. The van der Waals surface area contributed by atoms with Gasteiger partial charge in [0.2, 0.25) is 5.91 Å². The largest absolute Gasteiger partial charge is 0.399 e. The summed E-state index contributed by atoms with van der Waals surface area (Å²) >= 11 is 0. The van der Waals surface area contributed by atoms with Crippen molar-refractivity contribution in [2.45, 2.75) is 13.8 Å². The lowest BCUT2D eigenvalue weighted by atomic mass is 10.2. The van der Waals surface area contributed by atoms with Gasteiger partial charge in [0, 0.05) is 17.6 Å². The van der Waals surface area contributed by atoms with Gasteiger partial charge in [-0.15, -0.1) is 0 Å². The van der Waals surface area contributed by atoms with Gasteiger partial charge in [0.05, 0.1) is 12.1 Å². The number of rotatable bonds is 5. The zero-order valence-electron chi connectivity index (χ0n) is 11.7. The van der Waals surface area contributed by atoms with Gasteiger partial charge in [0.15, 0.2) is 0 Å². The van der Waals surface area contributed by atoms with E-state index in [9.17, 15) is 4.79 Å². The topological polar surface area (TPSA) is 92.9 Å². The minimum atomic E-state index is -0.0608. The highest BCUT2D eigenvalue weighted by atomic mass is 16.1. The first-order valence-electron chi connectivity index (χ1n) is 6.57. The number of carbonyl (C=O) groups is 1. The second-order valence-corrected chi connectivity index (χ2v) is 5.05. The van der Waals surface area contributed by atoms with Gasteiger partial charge in [-0.2, -0.15) is 0 Å². The maximum absolute atomic E-state index is 11.7. The van der Waals surface area contributed by atoms with Gasteiger partial charge in [-0.05, 0) is 24.1 Å². The van der Waals surface area contributed by atoms with E-state index in [0.717, 1.165) is 10.9 Å². The van der Waals surface area contributed by atoms with Crippen LogP contribution in [0.5, 0.6) is 0 Å². The monoisotopic (exact) mass is 273 g/mol. The molecule has 1 amide bonds. The van der Waals surface area contributed by atoms with Crippen molar-refractivity contribution >= 4 is 28.3 Å². The van der Waals surface area contributed by atoms with Crippen LogP contribution in [0.25, 0.3) is 10.9 Å². The molecule has 0 aliphatic carbocycles. The highest BCUT2D eigenvalue weighted by Crippen LogP contribution is 2.21. The molecule has 6 nitrogen and oxygen atoms in total. The van der Waals surface area contributed by atoms with Crippen molar-refractivity contribution in [3.63, 3.8) is 0 Å². The molecule has 0 bridgehead atoms. The molecule has 4 N–H and O–H groups in total. The predicted octanol–water partition coefficient (Wildman–Crippen LogP) is 1.40. The van der Waals surface area contributed by atoms with Crippen molar-refractivity contribution < 1.29 is 4.79 Å². The molecule has 2 aromatic rings. The van der Waals surface area contributed by atoms with Crippen LogP contribution in [0.3, 0.4) is 0 Å². The summed E-state index contributed by atoms with van der Waals surface area (Å²) in [5.41, 5.74) is 7.20. The average Bonchev–Trinajstić information content (AvgIpc) is 2.42. The van der Waals surface area contributed by atoms with Crippen molar-refractivity contribution in [1.82, 2.24) is 15.3 Å². The first kappa shape index (κ1) is 14.0. The summed E-state index contributed by atoms with van der Waals surface area (Å²) < 4.78 is 0. The number of nitrogen functional groups attached to an aromatic ring is 1. The average molecular weight is 273 g/mol. The lowest BCUT2D eigenvalue weighted by molar-refractivity contribution is -0.119. The number of benzene rings is 1. The fraction of sp³-hybridized carbons (Fsp3) is 0.357. The highest BCUT2D eigenvalue weighted by Gasteiger charge is 2.06. The van der Waals surface area contributed by atoms with Crippen LogP contribution in [-0.2, 0) is 4.79 Å². The van der Waals surface area contributed by atoms with Crippen LogP contribution in [-0.4, -0.2) is 29.0 Å². The number of hydrogen-bond acceptors (Lipinski definition) is 5. The van der Waals surface area contributed by atoms with Gasteiger partial charge in [0.1, 0.15) is 12.1 Å². The van der Waals surface area contributed by atoms with E-state index in [4.69, 9.17) is 5.73 Å². The number of nitrogens with zero attached hydrogens (tertiary/aromatic N) is 2. The minimum absolute atomic E-state index is 0.0608. The molecule has 0 atom stereocenters. The number of amides is 1. The Morgan fingerprint density at radius 1 is 1.35 bits per heavy atom. The zero-order chi connectivity index (χ0) is 14.5. The van der Waals surface area contributed by atoms with Gasteiger partial charge in [-0.3, -0.25) is 4.79 Å². The molecule has 0 saturated carbocycles. The molecule has 106 valence electrons. The van der Waals surface area contributed by atoms with Gasteiger partial charge < -0.3 is 16.4 Å². The first-order chi connectivity index (χ1) is 9.56. The molecule has 1 aromatic carbocycles. The van der Waals surface area contributed by atoms with Gasteiger partial charge in [-0.25, -0.2) is 9.97 Å². The Morgan fingerprint density at radius 3 is 2.90 bits per heavy atom. The lowest BCUT2D eigenvalue weighted by Crippen LogP contribution is -2.32. The van der Waals surface area contributed by atoms with Crippen LogP contribution in [0, 0.1) is 5.92 Å². The smallest absolute Gasteiger partial charge is 0.239 e. The number of nitrogens with two attached hydrogens (primary N) is 1.